The number of fused-ring (bicyclic) bond motifs is 1. The molecule has 1 amide bonds. The largest absolute Gasteiger partial charge is 0.381 e. The lowest BCUT2D eigenvalue weighted by Crippen LogP contribution is -2.46. The van der Waals surface area contributed by atoms with E-state index >= 15 is 0 Å². The van der Waals surface area contributed by atoms with Gasteiger partial charge >= 0.3 is 0 Å². The van der Waals surface area contributed by atoms with Crippen LogP contribution >= 0.6 is 0 Å². The Bertz CT molecular complexity index is 648. The molecule has 5 nitrogen and oxygen atoms in total. The summed E-state index contributed by atoms with van der Waals surface area (Å²) in [6, 6.07) is 9.43. The standard InChI is InChI=1S/C17H21N3O2/c18-15(12-6-9-22-10-7-12)17(21)20-11-14-4-1-3-13-5-2-8-19-16(13)14/h1-5,8,12,15H,6-7,9-11,18H2,(H,20,21). The van der Waals surface area contributed by atoms with Gasteiger partial charge in [0.15, 0.2) is 0 Å². The molecule has 2 heterocycles. The Hall–Kier alpha value is -1.98. The normalized spacial score (nSPS) is 17.3. The Morgan fingerprint density at radius 2 is 2.09 bits per heavy atom. The fraction of sp³-hybridized carbons (Fsp3) is 0.412. The van der Waals surface area contributed by atoms with Crippen LogP contribution < -0.4 is 11.1 Å². The van der Waals surface area contributed by atoms with E-state index in [9.17, 15) is 4.79 Å². The third-order valence-electron chi connectivity index (χ3n) is 4.25. The molecule has 1 aromatic carbocycles. The van der Waals surface area contributed by atoms with Crippen LogP contribution in [0.3, 0.4) is 0 Å². The number of benzene rings is 1. The molecule has 0 saturated carbocycles. The molecular formula is C17H21N3O2. The third-order valence-corrected chi connectivity index (χ3v) is 4.25. The highest BCUT2D eigenvalue weighted by Gasteiger charge is 2.26. The summed E-state index contributed by atoms with van der Waals surface area (Å²) < 4.78 is 5.31. The maximum Gasteiger partial charge on any atom is 0.237 e. The molecule has 3 rings (SSSR count). The van der Waals surface area contributed by atoms with Gasteiger partial charge in [-0.3, -0.25) is 9.78 Å². The quantitative estimate of drug-likeness (QED) is 0.899. The molecule has 116 valence electrons. The van der Waals surface area contributed by atoms with E-state index in [4.69, 9.17) is 10.5 Å². The maximum atomic E-state index is 12.3. The molecule has 3 N–H and O–H groups in total. The highest BCUT2D eigenvalue weighted by Crippen LogP contribution is 2.18. The number of para-hydroxylation sites is 1. The predicted octanol–water partition coefficient (Wildman–Crippen LogP) is 1.60. The monoisotopic (exact) mass is 299 g/mol. The molecule has 0 radical (unpaired) electrons. The van der Waals surface area contributed by atoms with E-state index in [2.05, 4.69) is 10.3 Å². The number of carbonyl (C=O) groups is 1. The van der Waals surface area contributed by atoms with Crippen molar-refractivity contribution in [3.05, 3.63) is 42.1 Å². The summed E-state index contributed by atoms with van der Waals surface area (Å²) in [5, 5.41) is 4.02. The Labute approximate surface area is 129 Å². The topological polar surface area (TPSA) is 77.2 Å². The van der Waals surface area contributed by atoms with Crippen LogP contribution in [0.1, 0.15) is 18.4 Å². The van der Waals surface area contributed by atoms with Gasteiger partial charge in [-0.2, -0.15) is 0 Å². The summed E-state index contributed by atoms with van der Waals surface area (Å²) in [4.78, 5) is 16.6. The van der Waals surface area contributed by atoms with E-state index in [1.807, 2.05) is 30.3 Å². The summed E-state index contributed by atoms with van der Waals surface area (Å²) in [6.45, 7) is 1.84. The molecule has 1 aliphatic heterocycles. The average Bonchev–Trinajstić information content (AvgIpc) is 2.59. The molecule has 1 unspecified atom stereocenters. The van der Waals surface area contributed by atoms with Gasteiger partial charge in [0, 0.05) is 31.3 Å². The Balaban J connectivity index is 1.64. The SMILES string of the molecule is NC(C(=O)NCc1cccc2cccnc12)C1CCOCC1. The molecule has 22 heavy (non-hydrogen) atoms. The number of nitrogens with two attached hydrogens (primary N) is 1. The number of pyridine rings is 1. The highest BCUT2D eigenvalue weighted by molar-refractivity contribution is 5.84. The minimum atomic E-state index is -0.466. The van der Waals surface area contributed by atoms with Crippen LogP contribution in [-0.2, 0) is 16.1 Å². The number of aromatic nitrogens is 1. The smallest absolute Gasteiger partial charge is 0.237 e. The first-order chi connectivity index (χ1) is 10.8. The van der Waals surface area contributed by atoms with Crippen LogP contribution in [0, 0.1) is 5.92 Å². The van der Waals surface area contributed by atoms with Crippen LogP contribution in [-0.4, -0.2) is 30.1 Å². The van der Waals surface area contributed by atoms with Gasteiger partial charge in [0.05, 0.1) is 11.6 Å². The molecule has 1 aromatic heterocycles. The molecule has 1 saturated heterocycles. The first-order valence-corrected chi connectivity index (χ1v) is 7.69. The minimum Gasteiger partial charge on any atom is -0.381 e. The summed E-state index contributed by atoms with van der Waals surface area (Å²) in [5.74, 6) is 0.110. The van der Waals surface area contributed by atoms with Gasteiger partial charge in [-0.15, -0.1) is 0 Å². The second-order valence-electron chi connectivity index (χ2n) is 5.69. The highest BCUT2D eigenvalue weighted by atomic mass is 16.5. The second-order valence-corrected chi connectivity index (χ2v) is 5.69. The van der Waals surface area contributed by atoms with Gasteiger partial charge < -0.3 is 15.8 Å². The molecule has 0 spiro atoms. The van der Waals surface area contributed by atoms with Crippen LogP contribution in [0.2, 0.25) is 0 Å². The Morgan fingerprint density at radius 1 is 1.32 bits per heavy atom. The number of hydrogen-bond donors (Lipinski definition) is 2. The molecule has 1 atom stereocenters. The lowest BCUT2D eigenvalue weighted by molar-refractivity contribution is -0.124. The summed E-state index contributed by atoms with van der Waals surface area (Å²) in [7, 11) is 0. The van der Waals surface area contributed by atoms with Crippen LogP contribution in [0.25, 0.3) is 10.9 Å². The lowest BCUT2D eigenvalue weighted by Gasteiger charge is -2.26. The number of rotatable bonds is 4. The second kappa shape index (κ2) is 6.85. The average molecular weight is 299 g/mol. The zero-order valence-electron chi connectivity index (χ0n) is 12.5. The van der Waals surface area contributed by atoms with E-state index in [1.165, 1.54) is 0 Å². The lowest BCUT2D eigenvalue weighted by atomic mass is 9.92. The molecular weight excluding hydrogens is 278 g/mol. The van der Waals surface area contributed by atoms with Crippen molar-refractivity contribution in [1.29, 1.82) is 0 Å². The van der Waals surface area contributed by atoms with Crippen molar-refractivity contribution in [1.82, 2.24) is 10.3 Å². The van der Waals surface area contributed by atoms with Gasteiger partial charge in [-0.25, -0.2) is 0 Å². The maximum absolute atomic E-state index is 12.3. The van der Waals surface area contributed by atoms with Gasteiger partial charge in [-0.05, 0) is 30.4 Å². The van der Waals surface area contributed by atoms with Crippen molar-refractivity contribution in [2.24, 2.45) is 11.7 Å². The predicted molar refractivity (Wildman–Crippen MR) is 85.1 cm³/mol. The molecule has 2 aromatic rings. The minimum absolute atomic E-state index is 0.0974. The number of nitrogens with zero attached hydrogens (tertiary/aromatic N) is 1. The van der Waals surface area contributed by atoms with E-state index < -0.39 is 6.04 Å². The van der Waals surface area contributed by atoms with Crippen molar-refractivity contribution in [3.8, 4) is 0 Å². The number of nitrogens with one attached hydrogen (secondary N) is 1. The Morgan fingerprint density at radius 3 is 2.91 bits per heavy atom. The molecule has 0 aliphatic carbocycles. The van der Waals surface area contributed by atoms with Gasteiger partial charge in [0.25, 0.3) is 0 Å². The first kappa shape index (κ1) is 14.9. The van der Waals surface area contributed by atoms with Crippen molar-refractivity contribution in [2.75, 3.05) is 13.2 Å². The first-order valence-electron chi connectivity index (χ1n) is 7.69. The van der Waals surface area contributed by atoms with Crippen molar-refractivity contribution >= 4 is 16.8 Å². The van der Waals surface area contributed by atoms with Gasteiger partial charge in [0.2, 0.25) is 5.91 Å². The van der Waals surface area contributed by atoms with Crippen molar-refractivity contribution in [3.63, 3.8) is 0 Å². The fourth-order valence-electron chi connectivity index (χ4n) is 2.90. The summed E-state index contributed by atoms with van der Waals surface area (Å²) in [6.07, 6.45) is 3.47. The van der Waals surface area contributed by atoms with Crippen LogP contribution in [0.5, 0.6) is 0 Å². The number of carbonyl (C=O) groups excluding carboxylic acids is 1. The summed E-state index contributed by atoms with van der Waals surface area (Å²) in [5.41, 5.74) is 8.01. The van der Waals surface area contributed by atoms with E-state index in [-0.39, 0.29) is 11.8 Å². The van der Waals surface area contributed by atoms with Gasteiger partial charge in [-0.1, -0.05) is 24.3 Å². The number of hydrogen-bond acceptors (Lipinski definition) is 4. The van der Waals surface area contributed by atoms with E-state index in [0.717, 1.165) is 29.3 Å². The fourth-order valence-corrected chi connectivity index (χ4v) is 2.90. The van der Waals surface area contributed by atoms with E-state index in [0.29, 0.717) is 19.8 Å². The van der Waals surface area contributed by atoms with Gasteiger partial charge in [0.1, 0.15) is 0 Å². The van der Waals surface area contributed by atoms with E-state index in [1.54, 1.807) is 6.20 Å². The third kappa shape index (κ3) is 3.26. The summed E-state index contributed by atoms with van der Waals surface area (Å²) >= 11 is 0. The molecule has 5 heteroatoms. The number of ether oxygens (including phenoxy) is 1. The zero-order chi connectivity index (χ0) is 15.4. The van der Waals surface area contributed by atoms with Crippen molar-refractivity contribution in [2.45, 2.75) is 25.4 Å². The Kier molecular flexibility index (Phi) is 4.65. The molecule has 1 fully saturated rings. The number of amides is 1. The van der Waals surface area contributed by atoms with Crippen LogP contribution in [0.4, 0.5) is 0 Å². The zero-order valence-corrected chi connectivity index (χ0v) is 12.5. The van der Waals surface area contributed by atoms with Crippen molar-refractivity contribution < 1.29 is 9.53 Å². The van der Waals surface area contributed by atoms with Crippen LogP contribution in [0.15, 0.2) is 36.5 Å². The molecule has 0 bridgehead atoms. The molecule has 1 aliphatic rings.